The van der Waals surface area contributed by atoms with Gasteiger partial charge in [-0.2, -0.15) is 0 Å². The number of anilines is 1. The molecule has 1 aliphatic heterocycles. The molecule has 7 nitrogen and oxygen atoms in total. The van der Waals surface area contributed by atoms with Crippen molar-refractivity contribution < 1.29 is 13.9 Å². The number of nitro benzene ring substituents is 1. The number of para-hydroxylation sites is 2. The first-order chi connectivity index (χ1) is 12.6. The molecule has 1 aliphatic rings. The van der Waals surface area contributed by atoms with E-state index in [0.717, 1.165) is 5.69 Å². The number of hydrogen-bond acceptors (Lipinski definition) is 5. The summed E-state index contributed by atoms with van der Waals surface area (Å²) in [6.07, 6.45) is 0. The molecule has 0 bridgehead atoms. The second-order valence-corrected chi connectivity index (χ2v) is 7.34. The van der Waals surface area contributed by atoms with Gasteiger partial charge in [-0.05, 0) is 18.2 Å². The van der Waals surface area contributed by atoms with E-state index in [1.807, 2.05) is 30.3 Å². The summed E-state index contributed by atoms with van der Waals surface area (Å²) in [6, 6.07) is 15.8. The van der Waals surface area contributed by atoms with Crippen LogP contribution in [0.5, 0.6) is 0 Å². The predicted molar refractivity (Wildman–Crippen MR) is 99.6 cm³/mol. The number of nitrogens with zero attached hydrogens (tertiary/aromatic N) is 3. The monoisotopic (exact) mass is 373 g/mol. The van der Waals surface area contributed by atoms with Crippen LogP contribution >= 0.6 is 0 Å². The summed E-state index contributed by atoms with van der Waals surface area (Å²) in [7, 11) is -1.74. The van der Waals surface area contributed by atoms with Gasteiger partial charge in [-0.25, -0.2) is 0 Å². The van der Waals surface area contributed by atoms with Gasteiger partial charge in [0.25, 0.3) is 5.69 Å². The topological polar surface area (TPSA) is 83.8 Å². The smallest absolute Gasteiger partial charge is 0.285 e. The third kappa shape index (κ3) is 4.08. The van der Waals surface area contributed by atoms with Crippen LogP contribution in [0.4, 0.5) is 11.4 Å². The van der Waals surface area contributed by atoms with Crippen molar-refractivity contribution in [2.75, 3.05) is 36.8 Å². The van der Waals surface area contributed by atoms with Gasteiger partial charge in [0.2, 0.25) is 5.91 Å². The SMILES string of the molecule is O=C(CS(=O)c1ccccc1[N+](=O)[O-])N1CCN(c2ccccc2)CC1. The average Bonchev–Trinajstić information content (AvgIpc) is 2.68. The molecule has 1 atom stereocenters. The molecule has 0 radical (unpaired) electrons. The number of piperazine rings is 1. The molecule has 0 spiro atoms. The molecular weight excluding hydrogens is 354 g/mol. The summed E-state index contributed by atoms with van der Waals surface area (Å²) < 4.78 is 12.5. The Morgan fingerprint density at radius 1 is 1.00 bits per heavy atom. The summed E-state index contributed by atoms with van der Waals surface area (Å²) >= 11 is 0. The number of amides is 1. The molecule has 8 heteroatoms. The van der Waals surface area contributed by atoms with E-state index in [4.69, 9.17) is 0 Å². The summed E-state index contributed by atoms with van der Waals surface area (Å²) in [5.41, 5.74) is 0.899. The third-order valence-corrected chi connectivity index (χ3v) is 5.66. The minimum absolute atomic E-state index is 0.0915. The van der Waals surface area contributed by atoms with Crippen molar-refractivity contribution in [2.24, 2.45) is 0 Å². The fraction of sp³-hybridized carbons (Fsp3) is 0.278. The molecule has 3 rings (SSSR count). The molecular formula is C18H19N3O4S. The van der Waals surface area contributed by atoms with Crippen LogP contribution in [0.15, 0.2) is 59.5 Å². The number of nitro groups is 1. The van der Waals surface area contributed by atoms with E-state index in [2.05, 4.69) is 4.90 Å². The van der Waals surface area contributed by atoms with Crippen molar-refractivity contribution >= 4 is 28.1 Å². The maximum absolute atomic E-state index is 12.5. The Balaban J connectivity index is 1.60. The highest BCUT2D eigenvalue weighted by Gasteiger charge is 2.25. The first kappa shape index (κ1) is 18.1. The van der Waals surface area contributed by atoms with E-state index in [-0.39, 0.29) is 22.2 Å². The molecule has 1 unspecified atom stereocenters. The molecule has 0 aliphatic carbocycles. The molecule has 1 saturated heterocycles. The van der Waals surface area contributed by atoms with Gasteiger partial charge >= 0.3 is 0 Å². The van der Waals surface area contributed by atoms with Crippen LogP contribution in [0, 0.1) is 10.1 Å². The van der Waals surface area contributed by atoms with Gasteiger partial charge in [0.1, 0.15) is 10.6 Å². The molecule has 1 amide bonds. The van der Waals surface area contributed by atoms with Crippen molar-refractivity contribution in [1.82, 2.24) is 4.90 Å². The Bertz CT molecular complexity index is 820. The lowest BCUT2D eigenvalue weighted by Gasteiger charge is -2.36. The van der Waals surface area contributed by atoms with Gasteiger partial charge in [-0.3, -0.25) is 19.1 Å². The second-order valence-electron chi connectivity index (χ2n) is 5.92. The van der Waals surface area contributed by atoms with E-state index in [1.54, 1.807) is 11.0 Å². The summed E-state index contributed by atoms with van der Waals surface area (Å²) in [5, 5.41) is 11.1. The number of carbonyl (C=O) groups excluding carboxylic acids is 1. The minimum Gasteiger partial charge on any atom is -0.368 e. The number of carbonyl (C=O) groups is 1. The predicted octanol–water partition coefficient (Wildman–Crippen LogP) is 2.05. The van der Waals surface area contributed by atoms with Crippen LogP contribution < -0.4 is 4.90 Å². The third-order valence-electron chi connectivity index (χ3n) is 4.32. The van der Waals surface area contributed by atoms with Crippen molar-refractivity contribution in [3.05, 3.63) is 64.7 Å². The summed E-state index contributed by atoms with van der Waals surface area (Å²) in [6.45, 7) is 2.49. The highest BCUT2D eigenvalue weighted by atomic mass is 32.2. The molecule has 136 valence electrons. The molecule has 2 aromatic carbocycles. The number of rotatable bonds is 5. The molecule has 2 aromatic rings. The molecule has 0 saturated carbocycles. The second kappa shape index (κ2) is 8.09. The summed E-state index contributed by atoms with van der Waals surface area (Å²) in [4.78, 5) is 26.9. The highest BCUT2D eigenvalue weighted by molar-refractivity contribution is 7.86. The Kier molecular flexibility index (Phi) is 5.62. The maximum Gasteiger partial charge on any atom is 0.285 e. The van der Waals surface area contributed by atoms with Crippen molar-refractivity contribution in [1.29, 1.82) is 0 Å². The van der Waals surface area contributed by atoms with Gasteiger partial charge in [0.05, 0.1) is 15.7 Å². The quantitative estimate of drug-likeness (QED) is 0.592. The molecule has 0 N–H and O–H groups in total. The Morgan fingerprint density at radius 2 is 1.62 bits per heavy atom. The first-order valence-corrected chi connectivity index (χ1v) is 9.57. The normalized spacial score (nSPS) is 15.5. The van der Waals surface area contributed by atoms with E-state index >= 15 is 0 Å². The zero-order valence-electron chi connectivity index (χ0n) is 14.1. The van der Waals surface area contributed by atoms with Crippen LogP contribution in [0.2, 0.25) is 0 Å². The van der Waals surface area contributed by atoms with Crippen LogP contribution in [0.1, 0.15) is 0 Å². The van der Waals surface area contributed by atoms with Gasteiger partial charge in [0.15, 0.2) is 0 Å². The Labute approximate surface area is 153 Å². The molecule has 26 heavy (non-hydrogen) atoms. The fourth-order valence-electron chi connectivity index (χ4n) is 2.93. The van der Waals surface area contributed by atoms with E-state index < -0.39 is 15.7 Å². The number of benzene rings is 2. The first-order valence-electron chi connectivity index (χ1n) is 8.26. The molecule has 1 fully saturated rings. The maximum atomic E-state index is 12.5. The van der Waals surface area contributed by atoms with Gasteiger partial charge in [-0.15, -0.1) is 0 Å². The molecule has 0 aromatic heterocycles. The zero-order chi connectivity index (χ0) is 18.5. The van der Waals surface area contributed by atoms with Crippen LogP contribution in [-0.2, 0) is 15.6 Å². The standard InChI is InChI=1S/C18H19N3O4S/c22-18(14-26(25)17-9-5-4-8-16(17)21(23)24)20-12-10-19(11-13-20)15-6-2-1-3-7-15/h1-9H,10-14H2. The van der Waals surface area contributed by atoms with Crippen LogP contribution in [0.25, 0.3) is 0 Å². The fourth-order valence-corrected chi connectivity index (χ4v) is 4.10. The van der Waals surface area contributed by atoms with Gasteiger partial charge in [0, 0.05) is 37.9 Å². The van der Waals surface area contributed by atoms with Crippen molar-refractivity contribution in [3.63, 3.8) is 0 Å². The lowest BCUT2D eigenvalue weighted by molar-refractivity contribution is -0.387. The van der Waals surface area contributed by atoms with E-state index in [0.29, 0.717) is 26.2 Å². The Hall–Kier alpha value is -2.74. The average molecular weight is 373 g/mol. The number of hydrogen-bond donors (Lipinski definition) is 0. The van der Waals surface area contributed by atoms with Gasteiger partial charge < -0.3 is 9.80 Å². The van der Waals surface area contributed by atoms with Crippen LogP contribution in [-0.4, -0.2) is 51.9 Å². The zero-order valence-corrected chi connectivity index (χ0v) is 14.9. The van der Waals surface area contributed by atoms with Crippen molar-refractivity contribution in [2.45, 2.75) is 4.90 Å². The Morgan fingerprint density at radius 3 is 2.27 bits per heavy atom. The lowest BCUT2D eigenvalue weighted by Crippen LogP contribution is -2.49. The van der Waals surface area contributed by atoms with Crippen LogP contribution in [0.3, 0.4) is 0 Å². The summed E-state index contributed by atoms with van der Waals surface area (Å²) in [5.74, 6) is -0.481. The largest absolute Gasteiger partial charge is 0.368 e. The van der Waals surface area contributed by atoms with E-state index in [1.165, 1.54) is 18.2 Å². The lowest BCUT2D eigenvalue weighted by atomic mass is 10.2. The van der Waals surface area contributed by atoms with Gasteiger partial charge in [-0.1, -0.05) is 30.3 Å². The minimum atomic E-state index is -1.74. The van der Waals surface area contributed by atoms with Crippen molar-refractivity contribution in [3.8, 4) is 0 Å². The highest BCUT2D eigenvalue weighted by Crippen LogP contribution is 2.22. The molecule has 1 heterocycles. The van der Waals surface area contributed by atoms with E-state index in [9.17, 15) is 19.1 Å².